The molecule has 1 heterocycles. The van der Waals surface area contributed by atoms with Crippen LogP contribution in [-0.4, -0.2) is 30.2 Å². The normalized spacial score (nSPS) is 23.6. The van der Waals surface area contributed by atoms with Gasteiger partial charge in [0.05, 0.1) is 0 Å². The van der Waals surface area contributed by atoms with Crippen LogP contribution in [0.15, 0.2) is 22.7 Å². The molecule has 1 aromatic carbocycles. The Kier molecular flexibility index (Phi) is 3.61. The molecule has 0 bridgehead atoms. The van der Waals surface area contributed by atoms with Crippen molar-refractivity contribution in [3.63, 3.8) is 0 Å². The third kappa shape index (κ3) is 2.70. The average Bonchev–Trinajstić information content (AvgIpc) is 3.02. The fourth-order valence-electron chi connectivity index (χ4n) is 2.46. The molecule has 1 N–H and O–H groups in total. The van der Waals surface area contributed by atoms with Gasteiger partial charge >= 0.3 is 0 Å². The number of ether oxygens (including phenoxy) is 1. The lowest BCUT2D eigenvalue weighted by Gasteiger charge is -2.16. The second-order valence-corrected chi connectivity index (χ2v) is 7.40. The fourth-order valence-corrected chi connectivity index (χ4v) is 3.62. The lowest BCUT2D eigenvalue weighted by molar-refractivity contribution is 0.228. The third-order valence-corrected chi connectivity index (χ3v) is 5.74. The maximum absolute atomic E-state index is 5.94. The van der Waals surface area contributed by atoms with Gasteiger partial charge in [0.2, 0.25) is 0 Å². The van der Waals surface area contributed by atoms with Gasteiger partial charge in [0.1, 0.15) is 11.9 Å². The molecule has 0 radical (unpaired) electrons. The first-order chi connectivity index (χ1) is 8.71. The van der Waals surface area contributed by atoms with Crippen LogP contribution < -0.4 is 10.1 Å². The largest absolute Gasteiger partial charge is 0.488 e. The first kappa shape index (κ1) is 12.8. The van der Waals surface area contributed by atoms with Gasteiger partial charge in [-0.15, -0.1) is 0 Å². The minimum absolute atomic E-state index is 0.298. The molecule has 2 nitrogen and oxygen atoms in total. The van der Waals surface area contributed by atoms with Crippen LogP contribution in [-0.2, 0) is 6.42 Å². The summed E-state index contributed by atoms with van der Waals surface area (Å²) in [5, 5.41) is 3.57. The van der Waals surface area contributed by atoms with Gasteiger partial charge in [-0.25, -0.2) is 0 Å². The third-order valence-electron chi connectivity index (χ3n) is 3.82. The Morgan fingerprint density at radius 3 is 3.06 bits per heavy atom. The molecule has 0 amide bonds. The number of fused-ring (bicyclic) bond motifs is 1. The Hall–Kier alpha value is -0.190. The summed E-state index contributed by atoms with van der Waals surface area (Å²) in [6, 6.07) is 6.27. The van der Waals surface area contributed by atoms with Crippen LogP contribution in [0.1, 0.15) is 18.4 Å². The summed E-state index contributed by atoms with van der Waals surface area (Å²) in [6.07, 6.45) is 6.26. The molecule has 1 aliphatic heterocycles. The van der Waals surface area contributed by atoms with Gasteiger partial charge in [0, 0.05) is 28.7 Å². The van der Waals surface area contributed by atoms with Gasteiger partial charge in [-0.2, -0.15) is 11.8 Å². The van der Waals surface area contributed by atoms with Gasteiger partial charge in [0.15, 0.2) is 0 Å². The standard InChI is InChI=1S/C14H18BrNOS/c1-18-14(4-5-14)9-16-8-12-7-10-6-11(15)2-3-13(10)17-12/h2-3,6,12,16H,4-5,7-9H2,1H3. The van der Waals surface area contributed by atoms with E-state index >= 15 is 0 Å². The van der Waals surface area contributed by atoms with Gasteiger partial charge < -0.3 is 10.1 Å². The summed E-state index contributed by atoms with van der Waals surface area (Å²) in [5.41, 5.74) is 1.32. The van der Waals surface area contributed by atoms with Crippen molar-refractivity contribution >= 4 is 27.7 Å². The highest BCUT2D eigenvalue weighted by Gasteiger charge is 2.41. The molecule has 98 valence electrons. The number of rotatable bonds is 5. The Morgan fingerprint density at radius 1 is 1.50 bits per heavy atom. The summed E-state index contributed by atoms with van der Waals surface area (Å²) in [5.74, 6) is 1.05. The van der Waals surface area contributed by atoms with E-state index in [1.807, 2.05) is 17.8 Å². The molecule has 1 aliphatic carbocycles. The number of hydrogen-bond acceptors (Lipinski definition) is 3. The van der Waals surface area contributed by atoms with Gasteiger partial charge in [0.25, 0.3) is 0 Å². The zero-order valence-corrected chi connectivity index (χ0v) is 12.9. The highest BCUT2D eigenvalue weighted by atomic mass is 79.9. The number of nitrogens with one attached hydrogen (secondary N) is 1. The molecular formula is C14H18BrNOS. The highest BCUT2D eigenvalue weighted by Crippen LogP contribution is 2.46. The van der Waals surface area contributed by atoms with Crippen molar-refractivity contribution in [2.24, 2.45) is 0 Å². The molecule has 3 rings (SSSR count). The molecule has 0 spiro atoms. The van der Waals surface area contributed by atoms with Crippen LogP contribution in [0, 0.1) is 0 Å². The van der Waals surface area contributed by atoms with Crippen LogP contribution in [0.25, 0.3) is 0 Å². The Morgan fingerprint density at radius 2 is 2.33 bits per heavy atom. The van der Waals surface area contributed by atoms with Gasteiger partial charge in [-0.05, 0) is 42.9 Å². The lowest BCUT2D eigenvalue weighted by atomic mass is 10.1. The van der Waals surface area contributed by atoms with E-state index in [1.54, 1.807) is 0 Å². The Balaban J connectivity index is 1.49. The van der Waals surface area contributed by atoms with Crippen molar-refractivity contribution < 1.29 is 4.74 Å². The van der Waals surface area contributed by atoms with Gasteiger partial charge in [-0.1, -0.05) is 15.9 Å². The second kappa shape index (κ2) is 5.06. The molecule has 0 saturated heterocycles. The average molecular weight is 328 g/mol. The lowest BCUT2D eigenvalue weighted by Crippen LogP contribution is -2.35. The zero-order valence-electron chi connectivity index (χ0n) is 10.5. The van der Waals surface area contributed by atoms with E-state index in [4.69, 9.17) is 4.74 Å². The Labute approximate surface area is 121 Å². The zero-order chi connectivity index (χ0) is 12.6. The maximum atomic E-state index is 5.94. The molecule has 4 heteroatoms. The molecule has 1 fully saturated rings. The van der Waals surface area contributed by atoms with Crippen LogP contribution in [0.4, 0.5) is 0 Å². The molecule has 1 saturated carbocycles. The monoisotopic (exact) mass is 327 g/mol. The van der Waals surface area contributed by atoms with E-state index < -0.39 is 0 Å². The van der Waals surface area contributed by atoms with Crippen LogP contribution in [0.2, 0.25) is 0 Å². The molecule has 1 unspecified atom stereocenters. The molecular weight excluding hydrogens is 310 g/mol. The predicted octanol–water partition coefficient (Wildman–Crippen LogP) is 3.24. The van der Waals surface area contributed by atoms with E-state index in [2.05, 4.69) is 39.6 Å². The minimum atomic E-state index is 0.298. The summed E-state index contributed by atoms with van der Waals surface area (Å²) in [4.78, 5) is 0. The number of benzene rings is 1. The van der Waals surface area contributed by atoms with Crippen molar-refractivity contribution in [2.45, 2.75) is 30.1 Å². The van der Waals surface area contributed by atoms with Crippen molar-refractivity contribution in [2.75, 3.05) is 19.3 Å². The molecule has 2 aliphatic rings. The van der Waals surface area contributed by atoms with Crippen LogP contribution >= 0.6 is 27.7 Å². The van der Waals surface area contributed by atoms with Crippen molar-refractivity contribution in [3.8, 4) is 5.75 Å². The summed E-state index contributed by atoms with van der Waals surface area (Å²) < 4.78 is 7.61. The summed E-state index contributed by atoms with van der Waals surface area (Å²) in [6.45, 7) is 2.07. The van der Waals surface area contributed by atoms with E-state index in [-0.39, 0.29) is 0 Å². The van der Waals surface area contributed by atoms with Gasteiger partial charge in [-0.3, -0.25) is 0 Å². The summed E-state index contributed by atoms with van der Waals surface area (Å²) >= 11 is 5.51. The smallest absolute Gasteiger partial charge is 0.123 e. The van der Waals surface area contributed by atoms with E-state index in [1.165, 1.54) is 18.4 Å². The summed E-state index contributed by atoms with van der Waals surface area (Å²) in [7, 11) is 0. The molecule has 1 aromatic rings. The second-order valence-electron chi connectivity index (χ2n) is 5.21. The first-order valence-electron chi connectivity index (χ1n) is 6.42. The number of hydrogen-bond donors (Lipinski definition) is 1. The molecule has 18 heavy (non-hydrogen) atoms. The highest BCUT2D eigenvalue weighted by molar-refractivity contribution is 9.10. The van der Waals surface area contributed by atoms with Crippen molar-refractivity contribution in [1.82, 2.24) is 5.32 Å². The fraction of sp³-hybridized carbons (Fsp3) is 0.571. The first-order valence-corrected chi connectivity index (χ1v) is 8.43. The van der Waals surface area contributed by atoms with Crippen molar-refractivity contribution in [3.05, 3.63) is 28.2 Å². The number of halogens is 1. The Bertz CT molecular complexity index is 447. The predicted molar refractivity (Wildman–Crippen MR) is 80.6 cm³/mol. The quantitative estimate of drug-likeness (QED) is 0.897. The van der Waals surface area contributed by atoms with E-state index in [0.29, 0.717) is 10.9 Å². The SMILES string of the molecule is CSC1(CNCC2Cc3cc(Br)ccc3O2)CC1. The number of thioether (sulfide) groups is 1. The maximum Gasteiger partial charge on any atom is 0.123 e. The molecule has 1 atom stereocenters. The van der Waals surface area contributed by atoms with E-state index in [9.17, 15) is 0 Å². The topological polar surface area (TPSA) is 21.3 Å². The van der Waals surface area contributed by atoms with E-state index in [0.717, 1.165) is 29.7 Å². The molecule has 0 aromatic heterocycles. The minimum Gasteiger partial charge on any atom is -0.488 e. The van der Waals surface area contributed by atoms with Crippen LogP contribution in [0.3, 0.4) is 0 Å². The van der Waals surface area contributed by atoms with Crippen molar-refractivity contribution in [1.29, 1.82) is 0 Å². The van der Waals surface area contributed by atoms with Crippen LogP contribution in [0.5, 0.6) is 5.75 Å².